The standard InChI is InChI=1S/C48H37N5.C2H6/c1-3-15-33(16-4-2)36-25-27-44-42(32-36)40-26-28-43-41(29-30-52(43)38-22-12-7-13-23-38)45(40)53(44)39-24-14-21-37(31-39)48-50-46(34-17-8-5-9-18-34)49-47(51-48)35-19-10-6-11-20-35;1-2/h3,5-32H,4H2,1-2H3;1-2H3/b15-3-,33-16+;. The number of aromatic nitrogens is 5. The molecule has 0 aliphatic carbocycles. The molecule has 9 aromatic rings. The van der Waals surface area contributed by atoms with E-state index in [0.717, 1.165) is 45.5 Å². The topological polar surface area (TPSA) is 48.5 Å². The fourth-order valence-electron chi connectivity index (χ4n) is 7.39. The predicted molar refractivity (Wildman–Crippen MR) is 232 cm³/mol. The summed E-state index contributed by atoms with van der Waals surface area (Å²) >= 11 is 0. The molecule has 0 amide bonds. The molecular formula is C50H43N5. The van der Waals surface area contributed by atoms with Crippen LogP contribution in [-0.4, -0.2) is 24.1 Å². The van der Waals surface area contributed by atoms with Crippen molar-refractivity contribution in [3.63, 3.8) is 0 Å². The third-order valence-corrected chi connectivity index (χ3v) is 9.80. The second-order valence-electron chi connectivity index (χ2n) is 13.1. The summed E-state index contributed by atoms with van der Waals surface area (Å²) in [5.41, 5.74) is 10.9. The van der Waals surface area contributed by atoms with Crippen molar-refractivity contribution >= 4 is 38.3 Å². The van der Waals surface area contributed by atoms with E-state index < -0.39 is 0 Å². The van der Waals surface area contributed by atoms with E-state index in [1.165, 1.54) is 32.8 Å². The van der Waals surface area contributed by atoms with Crippen LogP contribution in [0.15, 0.2) is 176 Å². The second kappa shape index (κ2) is 15.6. The van der Waals surface area contributed by atoms with Crippen molar-refractivity contribution in [3.8, 4) is 45.5 Å². The monoisotopic (exact) mass is 713 g/mol. The van der Waals surface area contributed by atoms with E-state index >= 15 is 0 Å². The summed E-state index contributed by atoms with van der Waals surface area (Å²) in [7, 11) is 0. The first-order chi connectivity index (χ1) is 27.2. The summed E-state index contributed by atoms with van der Waals surface area (Å²) in [6, 6.07) is 53.0. The molecule has 0 saturated carbocycles. The van der Waals surface area contributed by atoms with Crippen molar-refractivity contribution in [2.45, 2.75) is 34.1 Å². The van der Waals surface area contributed by atoms with Gasteiger partial charge in [-0.3, -0.25) is 0 Å². The van der Waals surface area contributed by atoms with E-state index in [2.05, 4.69) is 138 Å². The van der Waals surface area contributed by atoms with Crippen LogP contribution >= 0.6 is 0 Å². The summed E-state index contributed by atoms with van der Waals surface area (Å²) in [6.07, 6.45) is 9.76. The Morgan fingerprint density at radius 3 is 1.76 bits per heavy atom. The predicted octanol–water partition coefficient (Wildman–Crippen LogP) is 13.3. The molecule has 0 N–H and O–H groups in total. The van der Waals surface area contributed by atoms with Crippen molar-refractivity contribution in [2.75, 3.05) is 0 Å². The molecular weight excluding hydrogens is 671 g/mol. The molecule has 0 spiro atoms. The van der Waals surface area contributed by atoms with E-state index in [9.17, 15) is 0 Å². The normalized spacial score (nSPS) is 11.7. The highest BCUT2D eigenvalue weighted by Crippen LogP contribution is 2.39. The lowest BCUT2D eigenvalue weighted by Crippen LogP contribution is -2.01. The van der Waals surface area contributed by atoms with Crippen LogP contribution in [0.5, 0.6) is 0 Å². The molecule has 6 aromatic carbocycles. The molecule has 0 unspecified atom stereocenters. The molecule has 3 heterocycles. The molecule has 0 atom stereocenters. The van der Waals surface area contributed by atoms with E-state index in [0.29, 0.717) is 17.5 Å². The SMILES string of the molecule is C/C=C\C(=C/CC)c1ccc2c(c1)c1ccc3c(ccn3-c3ccccc3)c1n2-c1cccc(-c2nc(-c3ccccc3)nc(-c3ccccc3)n2)c1.CC. The van der Waals surface area contributed by atoms with E-state index in [1.807, 2.05) is 74.5 Å². The molecule has 55 heavy (non-hydrogen) atoms. The summed E-state index contributed by atoms with van der Waals surface area (Å²) in [6.45, 7) is 8.26. The first kappa shape index (κ1) is 35.2. The Bertz CT molecular complexity index is 2750. The number of para-hydroxylation sites is 1. The first-order valence-corrected chi connectivity index (χ1v) is 19.1. The van der Waals surface area contributed by atoms with Gasteiger partial charge in [0.15, 0.2) is 17.5 Å². The average molecular weight is 714 g/mol. The van der Waals surface area contributed by atoms with Gasteiger partial charge in [-0.2, -0.15) is 0 Å². The number of hydrogen-bond acceptors (Lipinski definition) is 3. The number of fused-ring (bicyclic) bond motifs is 5. The van der Waals surface area contributed by atoms with Crippen molar-refractivity contribution in [1.29, 1.82) is 0 Å². The maximum absolute atomic E-state index is 5.05. The van der Waals surface area contributed by atoms with Gasteiger partial charge in [0.2, 0.25) is 0 Å². The van der Waals surface area contributed by atoms with Crippen LogP contribution in [0.25, 0.3) is 83.8 Å². The number of benzene rings is 6. The molecule has 9 rings (SSSR count). The highest BCUT2D eigenvalue weighted by molar-refractivity contribution is 6.19. The molecule has 5 heteroatoms. The van der Waals surface area contributed by atoms with Crippen LogP contribution in [-0.2, 0) is 0 Å². The Hall–Kier alpha value is -6.85. The van der Waals surface area contributed by atoms with E-state index in [-0.39, 0.29) is 0 Å². The summed E-state index contributed by atoms with van der Waals surface area (Å²) in [5, 5.41) is 3.60. The van der Waals surface area contributed by atoms with Gasteiger partial charge in [0, 0.05) is 50.4 Å². The molecule has 0 aliphatic heterocycles. The van der Waals surface area contributed by atoms with Gasteiger partial charge in [0.1, 0.15) is 0 Å². The Morgan fingerprint density at radius 2 is 1.13 bits per heavy atom. The lowest BCUT2D eigenvalue weighted by Gasteiger charge is -2.12. The molecule has 3 aromatic heterocycles. The minimum atomic E-state index is 0.628. The van der Waals surface area contributed by atoms with E-state index in [4.69, 9.17) is 15.0 Å². The van der Waals surface area contributed by atoms with Gasteiger partial charge in [-0.15, -0.1) is 0 Å². The van der Waals surface area contributed by atoms with Crippen molar-refractivity contribution < 1.29 is 0 Å². The van der Waals surface area contributed by atoms with Gasteiger partial charge in [-0.1, -0.05) is 142 Å². The minimum absolute atomic E-state index is 0.628. The van der Waals surface area contributed by atoms with Crippen LogP contribution in [0.4, 0.5) is 0 Å². The van der Waals surface area contributed by atoms with Crippen molar-refractivity contribution in [1.82, 2.24) is 24.1 Å². The zero-order valence-corrected chi connectivity index (χ0v) is 31.7. The maximum Gasteiger partial charge on any atom is 0.164 e. The minimum Gasteiger partial charge on any atom is -0.316 e. The van der Waals surface area contributed by atoms with Gasteiger partial charge in [0.05, 0.1) is 16.6 Å². The maximum atomic E-state index is 5.05. The third kappa shape index (κ3) is 6.66. The number of rotatable bonds is 8. The van der Waals surface area contributed by atoms with Crippen molar-refractivity contribution in [2.24, 2.45) is 0 Å². The number of hydrogen-bond donors (Lipinski definition) is 0. The van der Waals surface area contributed by atoms with E-state index in [1.54, 1.807) is 0 Å². The smallest absolute Gasteiger partial charge is 0.164 e. The fraction of sp³-hybridized carbons (Fsp3) is 0.100. The van der Waals surface area contributed by atoms with Crippen molar-refractivity contribution in [3.05, 3.63) is 182 Å². The first-order valence-electron chi connectivity index (χ1n) is 19.1. The van der Waals surface area contributed by atoms with Gasteiger partial charge in [0.25, 0.3) is 0 Å². The van der Waals surface area contributed by atoms with Crippen LogP contribution in [0.1, 0.15) is 39.7 Å². The lowest BCUT2D eigenvalue weighted by atomic mass is 10.0. The highest BCUT2D eigenvalue weighted by Gasteiger charge is 2.19. The lowest BCUT2D eigenvalue weighted by molar-refractivity contribution is 1.07. The quantitative estimate of drug-likeness (QED) is 0.147. The van der Waals surface area contributed by atoms with Gasteiger partial charge >= 0.3 is 0 Å². The Balaban J connectivity index is 0.00000210. The highest BCUT2D eigenvalue weighted by atomic mass is 15.0. The van der Waals surface area contributed by atoms with Gasteiger partial charge < -0.3 is 9.13 Å². The Labute approximate surface area is 322 Å². The molecule has 0 saturated heterocycles. The second-order valence-corrected chi connectivity index (χ2v) is 13.1. The molecule has 268 valence electrons. The largest absolute Gasteiger partial charge is 0.316 e. The average Bonchev–Trinajstić information content (AvgIpc) is 3.84. The zero-order chi connectivity index (χ0) is 37.7. The van der Waals surface area contributed by atoms with Gasteiger partial charge in [-0.05, 0) is 73.0 Å². The summed E-state index contributed by atoms with van der Waals surface area (Å²) < 4.78 is 4.68. The number of allylic oxidation sites excluding steroid dienone is 4. The summed E-state index contributed by atoms with van der Waals surface area (Å²) in [4.78, 5) is 15.0. The van der Waals surface area contributed by atoms with Crippen LogP contribution < -0.4 is 0 Å². The molecule has 0 radical (unpaired) electrons. The third-order valence-electron chi connectivity index (χ3n) is 9.80. The summed E-state index contributed by atoms with van der Waals surface area (Å²) in [5.74, 6) is 1.92. The number of nitrogens with zero attached hydrogens (tertiary/aromatic N) is 5. The van der Waals surface area contributed by atoms with Crippen LogP contribution in [0.3, 0.4) is 0 Å². The fourth-order valence-corrected chi connectivity index (χ4v) is 7.39. The van der Waals surface area contributed by atoms with Crippen LogP contribution in [0.2, 0.25) is 0 Å². The van der Waals surface area contributed by atoms with Crippen LogP contribution in [0, 0.1) is 0 Å². The molecule has 0 fully saturated rings. The molecule has 0 bridgehead atoms. The molecule has 5 nitrogen and oxygen atoms in total. The zero-order valence-electron chi connectivity index (χ0n) is 31.7. The Morgan fingerprint density at radius 1 is 0.545 bits per heavy atom. The molecule has 0 aliphatic rings. The Kier molecular flexibility index (Phi) is 10.0. The van der Waals surface area contributed by atoms with Gasteiger partial charge in [-0.25, -0.2) is 15.0 Å².